The van der Waals surface area contributed by atoms with Crippen molar-refractivity contribution in [2.24, 2.45) is 5.73 Å². The molecule has 15 heavy (non-hydrogen) atoms. The summed E-state index contributed by atoms with van der Waals surface area (Å²) in [5.41, 5.74) is 5.48. The summed E-state index contributed by atoms with van der Waals surface area (Å²) in [4.78, 5) is 3.80. The Kier molecular flexibility index (Phi) is 3.67. The van der Waals surface area contributed by atoms with E-state index in [0.717, 1.165) is 0 Å². The second-order valence-corrected chi connectivity index (χ2v) is 3.40. The molecule has 0 saturated heterocycles. The van der Waals surface area contributed by atoms with Gasteiger partial charge in [0.15, 0.2) is 5.82 Å². The van der Waals surface area contributed by atoms with Gasteiger partial charge >= 0.3 is 6.18 Å². The molecular formula is C8H12F3N3O. The van der Waals surface area contributed by atoms with E-state index in [9.17, 15) is 13.2 Å². The molecule has 0 spiro atoms. The molecule has 0 bridgehead atoms. The maximum Gasteiger partial charge on any atom is 0.389 e. The normalized spacial score (nSPS) is 14.2. The first kappa shape index (κ1) is 12.0. The van der Waals surface area contributed by atoms with Crippen molar-refractivity contribution in [2.45, 2.75) is 38.4 Å². The van der Waals surface area contributed by atoms with E-state index in [1.807, 2.05) is 0 Å². The van der Waals surface area contributed by atoms with Gasteiger partial charge in [-0.3, -0.25) is 0 Å². The minimum atomic E-state index is -4.20. The van der Waals surface area contributed by atoms with Crippen LogP contribution in [0.1, 0.15) is 25.1 Å². The fraction of sp³-hybridized carbons (Fsp3) is 0.750. The van der Waals surface area contributed by atoms with Gasteiger partial charge in [0.2, 0.25) is 5.89 Å². The molecule has 86 valence electrons. The highest BCUT2D eigenvalue weighted by atomic mass is 19.4. The van der Waals surface area contributed by atoms with Crippen molar-refractivity contribution in [1.82, 2.24) is 10.1 Å². The Hall–Kier alpha value is -1.11. The molecule has 1 heterocycles. The first-order chi connectivity index (χ1) is 6.87. The molecule has 0 aliphatic carbocycles. The van der Waals surface area contributed by atoms with E-state index in [2.05, 4.69) is 14.7 Å². The molecular weight excluding hydrogens is 211 g/mol. The first-order valence-electron chi connectivity index (χ1n) is 4.50. The molecule has 1 atom stereocenters. The lowest BCUT2D eigenvalue weighted by molar-refractivity contribution is -0.134. The van der Waals surface area contributed by atoms with Crippen LogP contribution in [-0.4, -0.2) is 22.4 Å². The number of rotatable bonds is 4. The van der Waals surface area contributed by atoms with Gasteiger partial charge in [0.1, 0.15) is 0 Å². The van der Waals surface area contributed by atoms with Crippen LogP contribution in [0.15, 0.2) is 4.52 Å². The summed E-state index contributed by atoms with van der Waals surface area (Å²) >= 11 is 0. The predicted molar refractivity (Wildman–Crippen MR) is 46.0 cm³/mol. The van der Waals surface area contributed by atoms with Crippen molar-refractivity contribution in [1.29, 1.82) is 0 Å². The van der Waals surface area contributed by atoms with Crippen LogP contribution in [0.25, 0.3) is 0 Å². The van der Waals surface area contributed by atoms with Crippen molar-refractivity contribution in [3.8, 4) is 0 Å². The standard InChI is InChI=1S/C8H12F3N3O/c1-5(12)4-6-13-7(15-14-6)2-3-8(9,10)11/h5H,2-4,12H2,1H3. The molecule has 0 fully saturated rings. The summed E-state index contributed by atoms with van der Waals surface area (Å²) in [6, 6.07) is -0.141. The van der Waals surface area contributed by atoms with Crippen molar-refractivity contribution in [2.75, 3.05) is 0 Å². The highest BCUT2D eigenvalue weighted by Crippen LogP contribution is 2.21. The topological polar surface area (TPSA) is 64.9 Å². The van der Waals surface area contributed by atoms with Crippen LogP contribution in [0, 0.1) is 0 Å². The fourth-order valence-electron chi connectivity index (χ4n) is 1.01. The summed E-state index contributed by atoms with van der Waals surface area (Å²) in [5, 5.41) is 3.52. The summed E-state index contributed by atoms with van der Waals surface area (Å²) in [6.07, 6.45) is -5.03. The summed E-state index contributed by atoms with van der Waals surface area (Å²) in [5.74, 6) is 0.352. The van der Waals surface area contributed by atoms with E-state index in [0.29, 0.717) is 12.2 Å². The highest BCUT2D eigenvalue weighted by Gasteiger charge is 2.27. The zero-order valence-corrected chi connectivity index (χ0v) is 8.21. The Morgan fingerprint density at radius 3 is 2.67 bits per heavy atom. The molecule has 1 rings (SSSR count). The molecule has 0 aliphatic rings. The predicted octanol–water partition coefficient (Wildman–Crippen LogP) is 1.45. The van der Waals surface area contributed by atoms with Crippen molar-refractivity contribution < 1.29 is 17.7 Å². The van der Waals surface area contributed by atoms with E-state index in [1.54, 1.807) is 6.92 Å². The Bertz CT molecular complexity index is 308. The molecule has 2 N–H and O–H groups in total. The Morgan fingerprint density at radius 2 is 2.13 bits per heavy atom. The Labute approximate surface area is 84.6 Å². The van der Waals surface area contributed by atoms with E-state index in [1.165, 1.54) is 0 Å². The Balaban J connectivity index is 2.46. The first-order valence-corrected chi connectivity index (χ1v) is 4.50. The van der Waals surface area contributed by atoms with Gasteiger partial charge in [0.05, 0.1) is 6.42 Å². The molecule has 1 aromatic rings. The third-order valence-electron chi connectivity index (χ3n) is 1.64. The smallest absolute Gasteiger partial charge is 0.339 e. The van der Waals surface area contributed by atoms with Crippen molar-refractivity contribution in [3.05, 3.63) is 11.7 Å². The number of aryl methyl sites for hydroxylation is 1. The van der Waals surface area contributed by atoms with E-state index >= 15 is 0 Å². The molecule has 0 aromatic carbocycles. The van der Waals surface area contributed by atoms with E-state index < -0.39 is 12.6 Å². The minimum Gasteiger partial charge on any atom is -0.339 e. The van der Waals surface area contributed by atoms with Gasteiger partial charge in [-0.15, -0.1) is 0 Å². The number of nitrogens with two attached hydrogens (primary N) is 1. The van der Waals surface area contributed by atoms with Gasteiger partial charge in [-0.25, -0.2) is 0 Å². The molecule has 1 aromatic heterocycles. The summed E-state index contributed by atoms with van der Waals surface area (Å²) in [6.45, 7) is 1.76. The molecule has 1 unspecified atom stereocenters. The van der Waals surface area contributed by atoms with Crippen LogP contribution >= 0.6 is 0 Å². The molecule has 0 saturated carbocycles. The van der Waals surface area contributed by atoms with Gasteiger partial charge < -0.3 is 10.3 Å². The second kappa shape index (κ2) is 4.61. The van der Waals surface area contributed by atoms with Crippen LogP contribution in [-0.2, 0) is 12.8 Å². The number of alkyl halides is 3. The maximum atomic E-state index is 11.8. The number of hydrogen-bond acceptors (Lipinski definition) is 4. The maximum absolute atomic E-state index is 11.8. The van der Waals surface area contributed by atoms with Crippen LogP contribution in [0.5, 0.6) is 0 Å². The van der Waals surface area contributed by atoms with Gasteiger partial charge in [-0.05, 0) is 6.92 Å². The van der Waals surface area contributed by atoms with Crippen molar-refractivity contribution >= 4 is 0 Å². The Morgan fingerprint density at radius 1 is 1.47 bits per heavy atom. The van der Waals surface area contributed by atoms with Crippen LogP contribution in [0.3, 0.4) is 0 Å². The van der Waals surface area contributed by atoms with E-state index in [-0.39, 0.29) is 18.4 Å². The number of aromatic nitrogens is 2. The van der Waals surface area contributed by atoms with Gasteiger partial charge in [-0.1, -0.05) is 5.16 Å². The lowest BCUT2D eigenvalue weighted by atomic mass is 10.2. The zero-order valence-electron chi connectivity index (χ0n) is 8.21. The van der Waals surface area contributed by atoms with Gasteiger partial charge in [0, 0.05) is 18.9 Å². The second-order valence-electron chi connectivity index (χ2n) is 3.40. The lowest BCUT2D eigenvalue weighted by Crippen LogP contribution is -2.18. The molecule has 0 amide bonds. The molecule has 7 heteroatoms. The van der Waals surface area contributed by atoms with Crippen LogP contribution < -0.4 is 5.73 Å². The molecule has 4 nitrogen and oxygen atoms in total. The third-order valence-corrected chi connectivity index (χ3v) is 1.64. The summed E-state index contributed by atoms with van der Waals surface area (Å²) < 4.78 is 40.2. The molecule has 0 radical (unpaired) electrons. The average Bonchev–Trinajstić information content (AvgIpc) is 2.46. The van der Waals surface area contributed by atoms with E-state index in [4.69, 9.17) is 5.73 Å². The lowest BCUT2D eigenvalue weighted by Gasteiger charge is -2.01. The van der Waals surface area contributed by atoms with Gasteiger partial charge in [0.25, 0.3) is 0 Å². The van der Waals surface area contributed by atoms with Crippen molar-refractivity contribution in [3.63, 3.8) is 0 Å². The SMILES string of the molecule is CC(N)Cc1noc(CCC(F)(F)F)n1. The number of hydrogen-bond donors (Lipinski definition) is 1. The van der Waals surface area contributed by atoms with Crippen LogP contribution in [0.4, 0.5) is 13.2 Å². The minimum absolute atomic E-state index is 0.00275. The van der Waals surface area contributed by atoms with Gasteiger partial charge in [-0.2, -0.15) is 18.2 Å². The average molecular weight is 223 g/mol. The zero-order chi connectivity index (χ0) is 11.5. The highest BCUT2D eigenvalue weighted by molar-refractivity contribution is 4.89. The summed E-state index contributed by atoms with van der Waals surface area (Å²) in [7, 11) is 0. The quantitative estimate of drug-likeness (QED) is 0.839. The monoisotopic (exact) mass is 223 g/mol. The number of nitrogens with zero attached hydrogens (tertiary/aromatic N) is 2. The largest absolute Gasteiger partial charge is 0.389 e. The fourth-order valence-corrected chi connectivity index (χ4v) is 1.01. The third kappa shape index (κ3) is 4.78. The van der Waals surface area contributed by atoms with Crippen LogP contribution in [0.2, 0.25) is 0 Å². The molecule has 0 aliphatic heterocycles. The number of halogens is 3.